The van der Waals surface area contributed by atoms with Crippen LogP contribution in [0.15, 0.2) is 33.1 Å². The first-order chi connectivity index (χ1) is 8.38. The van der Waals surface area contributed by atoms with Gasteiger partial charge in [-0.1, -0.05) is 11.6 Å². The number of hydrogen-bond donors (Lipinski definition) is 1. The molecule has 1 N–H and O–H groups in total. The van der Waals surface area contributed by atoms with Crippen LogP contribution in [0.3, 0.4) is 0 Å². The van der Waals surface area contributed by atoms with E-state index in [0.29, 0.717) is 20.2 Å². The van der Waals surface area contributed by atoms with Crippen LogP contribution in [0, 0.1) is 6.92 Å². The van der Waals surface area contributed by atoms with E-state index < -0.39 is 10.0 Å². The quantitative estimate of drug-likeness (QED) is 0.900. The third-order valence-corrected chi connectivity index (χ3v) is 6.01. The summed E-state index contributed by atoms with van der Waals surface area (Å²) >= 11 is 10.2. The van der Waals surface area contributed by atoms with Crippen LogP contribution in [0.4, 0.5) is 5.69 Å². The molecule has 0 radical (unpaired) electrons. The van der Waals surface area contributed by atoms with Gasteiger partial charge in [-0.05, 0) is 41.1 Å². The van der Waals surface area contributed by atoms with E-state index in [1.54, 1.807) is 25.1 Å². The zero-order valence-corrected chi connectivity index (χ0v) is 13.1. The summed E-state index contributed by atoms with van der Waals surface area (Å²) in [5.41, 5.74) is 0.442. The lowest BCUT2D eigenvalue weighted by molar-refractivity contribution is 0.603. The summed E-state index contributed by atoms with van der Waals surface area (Å²) in [7, 11) is -3.58. The van der Waals surface area contributed by atoms with Crippen LogP contribution in [0.2, 0.25) is 5.02 Å². The second-order valence-electron chi connectivity index (χ2n) is 3.43. The minimum absolute atomic E-state index is 0.186. The number of hydrogen-bond acceptors (Lipinski definition) is 4. The molecule has 0 aliphatic rings. The Bertz CT molecular complexity index is 685. The Hall–Kier alpha value is -0.630. The lowest BCUT2D eigenvalue weighted by atomic mass is 10.3. The van der Waals surface area contributed by atoms with Gasteiger partial charge in [-0.2, -0.15) is 0 Å². The standard InChI is InChI=1S/C10H8BrClN2O2S2/c1-6-13-5-10(17-6)18(15,16)14-7-2-3-9(12)8(11)4-7/h2-5,14H,1H3. The molecule has 0 bridgehead atoms. The number of anilines is 1. The van der Waals surface area contributed by atoms with Crippen molar-refractivity contribution in [3.8, 4) is 0 Å². The Morgan fingerprint density at radius 1 is 1.44 bits per heavy atom. The van der Waals surface area contributed by atoms with Gasteiger partial charge in [-0.15, -0.1) is 11.3 Å². The molecule has 8 heteroatoms. The van der Waals surface area contributed by atoms with E-state index >= 15 is 0 Å². The van der Waals surface area contributed by atoms with Crippen molar-refractivity contribution in [3.63, 3.8) is 0 Å². The number of thiazole rings is 1. The summed E-state index contributed by atoms with van der Waals surface area (Å²) in [5.74, 6) is 0. The highest BCUT2D eigenvalue weighted by Crippen LogP contribution is 2.27. The van der Waals surface area contributed by atoms with Crippen molar-refractivity contribution in [1.82, 2.24) is 4.98 Å². The number of nitrogens with zero attached hydrogens (tertiary/aromatic N) is 1. The first kappa shape index (κ1) is 13.8. The summed E-state index contributed by atoms with van der Waals surface area (Å²) in [6.45, 7) is 1.75. The Balaban J connectivity index is 2.30. The van der Waals surface area contributed by atoms with Gasteiger partial charge in [0.25, 0.3) is 10.0 Å². The highest BCUT2D eigenvalue weighted by Gasteiger charge is 2.17. The van der Waals surface area contributed by atoms with Crippen LogP contribution in [0.25, 0.3) is 0 Å². The molecule has 0 aliphatic heterocycles. The zero-order valence-electron chi connectivity index (χ0n) is 9.15. The average molecular weight is 368 g/mol. The van der Waals surface area contributed by atoms with E-state index in [1.165, 1.54) is 6.20 Å². The van der Waals surface area contributed by atoms with Gasteiger partial charge < -0.3 is 0 Å². The minimum Gasteiger partial charge on any atom is -0.279 e. The van der Waals surface area contributed by atoms with E-state index in [2.05, 4.69) is 25.6 Å². The predicted molar refractivity (Wildman–Crippen MR) is 76.8 cm³/mol. The van der Waals surface area contributed by atoms with Gasteiger partial charge in [0, 0.05) is 4.47 Å². The Morgan fingerprint density at radius 3 is 2.72 bits per heavy atom. The predicted octanol–water partition coefficient (Wildman–Crippen LogP) is 3.67. The lowest BCUT2D eigenvalue weighted by Gasteiger charge is -2.06. The molecule has 18 heavy (non-hydrogen) atoms. The SMILES string of the molecule is Cc1ncc(S(=O)(=O)Nc2ccc(Cl)c(Br)c2)s1. The normalized spacial score (nSPS) is 11.5. The molecular weight excluding hydrogens is 360 g/mol. The summed E-state index contributed by atoms with van der Waals surface area (Å²) in [5, 5.41) is 1.22. The van der Waals surface area contributed by atoms with Gasteiger partial charge in [0.15, 0.2) is 4.21 Å². The smallest absolute Gasteiger partial charge is 0.273 e. The molecule has 2 rings (SSSR count). The molecule has 0 amide bonds. The fourth-order valence-electron chi connectivity index (χ4n) is 1.23. The second-order valence-corrected chi connectivity index (χ2v) is 7.84. The first-order valence-electron chi connectivity index (χ1n) is 4.79. The van der Waals surface area contributed by atoms with Crippen molar-refractivity contribution in [3.05, 3.63) is 38.9 Å². The van der Waals surface area contributed by atoms with E-state index in [1.807, 2.05) is 0 Å². The summed E-state index contributed by atoms with van der Waals surface area (Å²) in [6.07, 6.45) is 1.34. The molecule has 0 unspecified atom stereocenters. The van der Waals surface area contributed by atoms with Crippen molar-refractivity contribution < 1.29 is 8.42 Å². The molecule has 1 aromatic carbocycles. The molecule has 2 aromatic rings. The molecule has 0 saturated carbocycles. The van der Waals surface area contributed by atoms with Crippen molar-refractivity contribution in [2.45, 2.75) is 11.1 Å². The maximum atomic E-state index is 12.0. The van der Waals surface area contributed by atoms with E-state index in [0.717, 1.165) is 11.3 Å². The molecule has 0 fully saturated rings. The van der Waals surface area contributed by atoms with Crippen LogP contribution in [-0.4, -0.2) is 13.4 Å². The maximum absolute atomic E-state index is 12.0. The number of sulfonamides is 1. The number of benzene rings is 1. The lowest BCUT2D eigenvalue weighted by Crippen LogP contribution is -2.11. The van der Waals surface area contributed by atoms with Gasteiger partial charge in [0.2, 0.25) is 0 Å². The molecule has 1 heterocycles. The second kappa shape index (κ2) is 5.16. The number of rotatable bonds is 3. The van der Waals surface area contributed by atoms with Crippen LogP contribution in [-0.2, 0) is 10.0 Å². The average Bonchev–Trinajstić information content (AvgIpc) is 2.71. The Labute approximate surface area is 122 Å². The van der Waals surface area contributed by atoms with Crippen LogP contribution in [0.1, 0.15) is 5.01 Å². The molecule has 4 nitrogen and oxygen atoms in total. The molecule has 0 saturated heterocycles. The van der Waals surface area contributed by atoms with Crippen molar-refractivity contribution in [1.29, 1.82) is 0 Å². The van der Waals surface area contributed by atoms with Crippen molar-refractivity contribution >= 4 is 54.6 Å². The fraction of sp³-hybridized carbons (Fsp3) is 0.100. The van der Waals surface area contributed by atoms with Crippen LogP contribution < -0.4 is 4.72 Å². The van der Waals surface area contributed by atoms with Gasteiger partial charge in [0.1, 0.15) is 0 Å². The van der Waals surface area contributed by atoms with Crippen LogP contribution in [0.5, 0.6) is 0 Å². The minimum atomic E-state index is -3.58. The van der Waals surface area contributed by atoms with E-state index in [-0.39, 0.29) is 4.21 Å². The van der Waals surface area contributed by atoms with Gasteiger partial charge in [-0.3, -0.25) is 4.72 Å². The molecule has 0 atom stereocenters. The largest absolute Gasteiger partial charge is 0.279 e. The van der Waals surface area contributed by atoms with E-state index in [9.17, 15) is 8.42 Å². The molecular formula is C10H8BrClN2O2S2. The number of halogens is 2. The summed E-state index contributed by atoms with van der Waals surface area (Å²) in [4.78, 5) is 3.93. The summed E-state index contributed by atoms with van der Waals surface area (Å²) in [6, 6.07) is 4.81. The molecule has 1 aromatic heterocycles. The number of aryl methyl sites for hydroxylation is 1. The van der Waals surface area contributed by atoms with Gasteiger partial charge >= 0.3 is 0 Å². The monoisotopic (exact) mass is 366 g/mol. The third kappa shape index (κ3) is 3.03. The number of aromatic nitrogens is 1. The third-order valence-electron chi connectivity index (χ3n) is 2.04. The molecule has 0 spiro atoms. The first-order valence-corrected chi connectivity index (χ1v) is 8.26. The fourth-order valence-corrected chi connectivity index (χ4v) is 3.88. The topological polar surface area (TPSA) is 59.1 Å². The highest BCUT2D eigenvalue weighted by molar-refractivity contribution is 9.10. The zero-order chi connectivity index (χ0) is 13.3. The molecule has 96 valence electrons. The van der Waals surface area contributed by atoms with E-state index in [4.69, 9.17) is 11.6 Å². The van der Waals surface area contributed by atoms with Crippen molar-refractivity contribution in [2.24, 2.45) is 0 Å². The Kier molecular flexibility index (Phi) is 3.96. The molecule has 0 aliphatic carbocycles. The van der Waals surface area contributed by atoms with Crippen LogP contribution >= 0.6 is 38.9 Å². The Morgan fingerprint density at radius 2 is 2.17 bits per heavy atom. The maximum Gasteiger partial charge on any atom is 0.273 e. The van der Waals surface area contributed by atoms with Gasteiger partial charge in [-0.25, -0.2) is 13.4 Å². The van der Waals surface area contributed by atoms with Gasteiger partial charge in [0.05, 0.1) is 21.9 Å². The summed E-state index contributed by atoms with van der Waals surface area (Å²) < 4.78 is 27.3. The number of nitrogens with one attached hydrogen (secondary N) is 1. The highest BCUT2D eigenvalue weighted by atomic mass is 79.9. The van der Waals surface area contributed by atoms with Crippen molar-refractivity contribution in [2.75, 3.05) is 4.72 Å².